The molecule has 1 aromatic heterocycles. The molecule has 5 nitrogen and oxygen atoms in total. The van der Waals surface area contributed by atoms with Crippen molar-refractivity contribution in [1.82, 2.24) is 15.0 Å². The summed E-state index contributed by atoms with van der Waals surface area (Å²) >= 11 is 2.23. The van der Waals surface area contributed by atoms with E-state index >= 15 is 0 Å². The van der Waals surface area contributed by atoms with Crippen molar-refractivity contribution < 1.29 is 9.90 Å². The van der Waals surface area contributed by atoms with Crippen molar-refractivity contribution in [3.8, 4) is 5.69 Å². The predicted octanol–water partition coefficient (Wildman–Crippen LogP) is 2.72. The summed E-state index contributed by atoms with van der Waals surface area (Å²) in [6, 6.07) is 12.6. The number of hydrogen-bond donors (Lipinski definition) is 1. The smallest absolute Gasteiger partial charge is 0.335 e. The number of para-hydroxylation sites is 1. The Balaban J connectivity index is 2.22. The molecule has 0 aliphatic rings. The zero-order valence-corrected chi connectivity index (χ0v) is 11.8. The molecule has 0 atom stereocenters. The van der Waals surface area contributed by atoms with E-state index in [9.17, 15) is 4.79 Å². The summed E-state index contributed by atoms with van der Waals surface area (Å²) in [6.45, 7) is 0. The molecule has 0 fully saturated rings. The Morgan fingerprint density at radius 3 is 2.74 bits per heavy atom. The number of fused-ring (bicyclic) bond motifs is 1. The van der Waals surface area contributed by atoms with Gasteiger partial charge in [-0.3, -0.25) is 0 Å². The number of hydrogen-bond acceptors (Lipinski definition) is 3. The van der Waals surface area contributed by atoms with Crippen LogP contribution in [0, 0.1) is 3.57 Å². The lowest BCUT2D eigenvalue weighted by Gasteiger charge is -2.04. The molecule has 0 unspecified atom stereocenters. The van der Waals surface area contributed by atoms with Crippen molar-refractivity contribution in [2.45, 2.75) is 0 Å². The van der Waals surface area contributed by atoms with Crippen molar-refractivity contribution in [2.24, 2.45) is 0 Å². The molecule has 0 aliphatic carbocycles. The third-order valence-electron chi connectivity index (χ3n) is 2.77. The zero-order valence-electron chi connectivity index (χ0n) is 9.62. The van der Waals surface area contributed by atoms with E-state index in [0.717, 1.165) is 14.8 Å². The first-order valence-corrected chi connectivity index (χ1v) is 6.58. The maximum atomic E-state index is 10.9. The average molecular weight is 365 g/mol. The number of aromatic carboxylic acids is 1. The number of carbonyl (C=O) groups is 1. The van der Waals surface area contributed by atoms with E-state index in [4.69, 9.17) is 5.11 Å². The second kappa shape index (κ2) is 4.61. The van der Waals surface area contributed by atoms with Gasteiger partial charge in [-0.1, -0.05) is 17.3 Å². The van der Waals surface area contributed by atoms with E-state index in [0.29, 0.717) is 5.52 Å². The molecule has 0 aliphatic heterocycles. The number of nitrogens with zero attached hydrogens (tertiary/aromatic N) is 3. The maximum absolute atomic E-state index is 10.9. The molecule has 1 heterocycles. The monoisotopic (exact) mass is 365 g/mol. The summed E-state index contributed by atoms with van der Waals surface area (Å²) in [5.74, 6) is -0.967. The van der Waals surface area contributed by atoms with Crippen LogP contribution in [0.5, 0.6) is 0 Å². The van der Waals surface area contributed by atoms with Crippen molar-refractivity contribution in [3.63, 3.8) is 0 Å². The van der Waals surface area contributed by atoms with E-state index in [1.165, 1.54) is 6.07 Å². The van der Waals surface area contributed by atoms with E-state index in [2.05, 4.69) is 32.9 Å². The quantitative estimate of drug-likeness (QED) is 0.710. The van der Waals surface area contributed by atoms with Gasteiger partial charge in [0.05, 0.1) is 16.8 Å². The molecule has 0 bridgehead atoms. The highest BCUT2D eigenvalue weighted by Gasteiger charge is 2.11. The van der Waals surface area contributed by atoms with E-state index in [1.54, 1.807) is 16.8 Å². The van der Waals surface area contributed by atoms with E-state index < -0.39 is 5.97 Å². The summed E-state index contributed by atoms with van der Waals surface area (Å²) in [5, 5.41) is 17.1. The molecule has 0 saturated heterocycles. The highest BCUT2D eigenvalue weighted by atomic mass is 127. The van der Waals surface area contributed by atoms with Crippen LogP contribution in [-0.2, 0) is 0 Å². The van der Waals surface area contributed by atoms with Gasteiger partial charge in [-0.2, -0.15) is 0 Å². The van der Waals surface area contributed by atoms with Crippen molar-refractivity contribution in [2.75, 3.05) is 0 Å². The molecule has 94 valence electrons. The third kappa shape index (κ3) is 2.07. The molecule has 19 heavy (non-hydrogen) atoms. The first kappa shape index (κ1) is 12.1. The Hall–Kier alpha value is -1.96. The largest absolute Gasteiger partial charge is 0.478 e. The van der Waals surface area contributed by atoms with Crippen molar-refractivity contribution in [1.29, 1.82) is 0 Å². The summed E-state index contributed by atoms with van der Waals surface area (Å²) < 4.78 is 2.76. The molecular formula is C13H8IN3O2. The van der Waals surface area contributed by atoms with Gasteiger partial charge in [0, 0.05) is 3.57 Å². The highest BCUT2D eigenvalue weighted by Crippen LogP contribution is 2.21. The van der Waals surface area contributed by atoms with Gasteiger partial charge in [0.2, 0.25) is 0 Å². The Morgan fingerprint density at radius 1 is 1.21 bits per heavy atom. The Morgan fingerprint density at radius 2 is 2.00 bits per heavy atom. The highest BCUT2D eigenvalue weighted by molar-refractivity contribution is 14.1. The van der Waals surface area contributed by atoms with Gasteiger partial charge >= 0.3 is 5.97 Å². The van der Waals surface area contributed by atoms with Gasteiger partial charge in [0.1, 0.15) is 5.52 Å². The lowest BCUT2D eigenvalue weighted by molar-refractivity contribution is 0.0697. The maximum Gasteiger partial charge on any atom is 0.335 e. The van der Waals surface area contributed by atoms with Crippen molar-refractivity contribution >= 4 is 39.6 Å². The lowest BCUT2D eigenvalue weighted by atomic mass is 10.2. The minimum absolute atomic E-state index is 0.210. The summed E-state index contributed by atoms with van der Waals surface area (Å²) in [6.07, 6.45) is 0. The van der Waals surface area contributed by atoms with Crippen LogP contribution in [0.2, 0.25) is 0 Å². The number of carboxylic acid groups (broad SMARTS) is 1. The van der Waals surface area contributed by atoms with Gasteiger partial charge in [-0.15, -0.1) is 5.10 Å². The number of halogens is 1. The molecule has 0 saturated carbocycles. The normalized spacial score (nSPS) is 10.8. The number of aromatic nitrogens is 3. The van der Waals surface area contributed by atoms with Crippen LogP contribution >= 0.6 is 22.6 Å². The fourth-order valence-electron chi connectivity index (χ4n) is 1.86. The van der Waals surface area contributed by atoms with Crippen LogP contribution in [0.4, 0.5) is 0 Å². The second-order valence-corrected chi connectivity index (χ2v) is 5.12. The summed E-state index contributed by atoms with van der Waals surface area (Å²) in [7, 11) is 0. The SMILES string of the molecule is O=C(O)c1ccc2c(c1)nnn2-c1ccccc1I. The number of benzene rings is 2. The number of carboxylic acids is 1. The minimum Gasteiger partial charge on any atom is -0.478 e. The van der Waals surface area contributed by atoms with Gasteiger partial charge in [0.15, 0.2) is 0 Å². The standard InChI is InChI=1S/C13H8IN3O2/c14-9-3-1-2-4-11(9)17-12-6-5-8(13(18)19)7-10(12)15-16-17/h1-7H,(H,18,19). The molecule has 0 radical (unpaired) electrons. The number of rotatable bonds is 2. The first-order valence-electron chi connectivity index (χ1n) is 5.50. The Labute approximate surface area is 122 Å². The molecule has 6 heteroatoms. The topological polar surface area (TPSA) is 68.0 Å². The van der Waals surface area contributed by atoms with Crippen LogP contribution in [-0.4, -0.2) is 26.1 Å². The fraction of sp³-hybridized carbons (Fsp3) is 0. The first-order chi connectivity index (χ1) is 9.16. The van der Waals surface area contributed by atoms with Crippen LogP contribution in [0.3, 0.4) is 0 Å². The molecule has 1 N–H and O–H groups in total. The predicted molar refractivity (Wildman–Crippen MR) is 78.5 cm³/mol. The van der Waals surface area contributed by atoms with Gasteiger partial charge in [0.25, 0.3) is 0 Å². The van der Waals surface area contributed by atoms with Crippen LogP contribution in [0.1, 0.15) is 10.4 Å². The summed E-state index contributed by atoms with van der Waals surface area (Å²) in [5.41, 5.74) is 2.49. The molecule has 3 aromatic rings. The third-order valence-corrected chi connectivity index (χ3v) is 3.69. The lowest BCUT2D eigenvalue weighted by Crippen LogP contribution is -1.99. The molecular weight excluding hydrogens is 357 g/mol. The zero-order chi connectivity index (χ0) is 13.4. The molecule has 3 rings (SSSR count). The molecule has 2 aromatic carbocycles. The van der Waals surface area contributed by atoms with Crippen LogP contribution < -0.4 is 0 Å². The van der Waals surface area contributed by atoms with Crippen LogP contribution in [0.25, 0.3) is 16.7 Å². The second-order valence-electron chi connectivity index (χ2n) is 3.96. The Bertz CT molecular complexity index is 782. The van der Waals surface area contributed by atoms with Crippen LogP contribution in [0.15, 0.2) is 42.5 Å². The van der Waals surface area contributed by atoms with Gasteiger partial charge in [-0.25, -0.2) is 9.48 Å². The minimum atomic E-state index is -0.967. The fourth-order valence-corrected chi connectivity index (χ4v) is 2.47. The van der Waals surface area contributed by atoms with Gasteiger partial charge in [-0.05, 0) is 52.9 Å². The van der Waals surface area contributed by atoms with Crippen molar-refractivity contribution in [3.05, 3.63) is 51.6 Å². The molecule has 0 spiro atoms. The Kier molecular flexibility index (Phi) is 2.94. The summed E-state index contributed by atoms with van der Waals surface area (Å²) in [4.78, 5) is 10.9. The van der Waals surface area contributed by atoms with Gasteiger partial charge < -0.3 is 5.11 Å². The van der Waals surface area contributed by atoms with E-state index in [-0.39, 0.29) is 5.56 Å². The molecule has 0 amide bonds. The average Bonchev–Trinajstić information content (AvgIpc) is 2.82. The van der Waals surface area contributed by atoms with E-state index in [1.807, 2.05) is 24.3 Å².